The maximum absolute atomic E-state index is 10.2. The summed E-state index contributed by atoms with van der Waals surface area (Å²) in [5.41, 5.74) is 0. The predicted molar refractivity (Wildman–Crippen MR) is 52.3 cm³/mol. The molecule has 0 fully saturated rings. The SMILES string of the molecule is CCNc1cnc(NCC(=O)O)cn1. The molecule has 14 heavy (non-hydrogen) atoms. The van der Waals surface area contributed by atoms with Crippen molar-refractivity contribution < 1.29 is 9.90 Å². The second kappa shape index (κ2) is 5.00. The molecule has 1 aromatic rings. The number of nitrogens with zero attached hydrogens (tertiary/aromatic N) is 2. The van der Waals surface area contributed by atoms with Crippen LogP contribution < -0.4 is 10.6 Å². The summed E-state index contributed by atoms with van der Waals surface area (Å²) in [7, 11) is 0. The fourth-order valence-electron chi connectivity index (χ4n) is 0.858. The highest BCUT2D eigenvalue weighted by Crippen LogP contribution is 2.03. The molecular weight excluding hydrogens is 184 g/mol. The Kier molecular flexibility index (Phi) is 3.66. The molecule has 0 aromatic carbocycles. The monoisotopic (exact) mass is 196 g/mol. The van der Waals surface area contributed by atoms with Crippen molar-refractivity contribution >= 4 is 17.6 Å². The van der Waals surface area contributed by atoms with Crippen molar-refractivity contribution in [2.45, 2.75) is 6.92 Å². The largest absolute Gasteiger partial charge is 0.480 e. The van der Waals surface area contributed by atoms with Gasteiger partial charge in [0.25, 0.3) is 0 Å². The van der Waals surface area contributed by atoms with E-state index in [1.807, 2.05) is 6.92 Å². The first-order valence-corrected chi connectivity index (χ1v) is 4.24. The summed E-state index contributed by atoms with van der Waals surface area (Å²) < 4.78 is 0. The molecule has 0 atom stereocenters. The molecule has 1 heterocycles. The van der Waals surface area contributed by atoms with Crippen molar-refractivity contribution in [2.24, 2.45) is 0 Å². The summed E-state index contributed by atoms with van der Waals surface area (Å²) in [6, 6.07) is 0. The molecule has 0 bridgehead atoms. The number of aromatic nitrogens is 2. The quantitative estimate of drug-likeness (QED) is 0.632. The molecule has 6 nitrogen and oxygen atoms in total. The van der Waals surface area contributed by atoms with Gasteiger partial charge in [0.05, 0.1) is 12.4 Å². The number of nitrogens with one attached hydrogen (secondary N) is 2. The van der Waals surface area contributed by atoms with Crippen LogP contribution in [0.2, 0.25) is 0 Å². The number of rotatable bonds is 5. The molecule has 0 aliphatic heterocycles. The van der Waals surface area contributed by atoms with Crippen molar-refractivity contribution in [3.63, 3.8) is 0 Å². The van der Waals surface area contributed by atoms with Gasteiger partial charge in [-0.25, -0.2) is 9.97 Å². The number of carboxylic acids is 1. The third-order valence-corrected chi connectivity index (χ3v) is 1.43. The topological polar surface area (TPSA) is 87.1 Å². The second-order valence-electron chi connectivity index (χ2n) is 2.56. The van der Waals surface area contributed by atoms with Gasteiger partial charge in [-0.15, -0.1) is 0 Å². The lowest BCUT2D eigenvalue weighted by atomic mass is 10.5. The van der Waals surface area contributed by atoms with Crippen molar-refractivity contribution in [1.29, 1.82) is 0 Å². The van der Waals surface area contributed by atoms with Gasteiger partial charge in [0.1, 0.15) is 18.2 Å². The van der Waals surface area contributed by atoms with Gasteiger partial charge >= 0.3 is 5.97 Å². The minimum Gasteiger partial charge on any atom is -0.480 e. The van der Waals surface area contributed by atoms with Crippen LogP contribution in [-0.2, 0) is 4.79 Å². The van der Waals surface area contributed by atoms with Gasteiger partial charge in [-0.2, -0.15) is 0 Å². The number of anilines is 2. The first-order chi connectivity index (χ1) is 6.72. The summed E-state index contributed by atoms with van der Waals surface area (Å²) >= 11 is 0. The van der Waals surface area contributed by atoms with E-state index in [9.17, 15) is 4.79 Å². The van der Waals surface area contributed by atoms with Crippen LogP contribution in [0.5, 0.6) is 0 Å². The van der Waals surface area contributed by atoms with E-state index < -0.39 is 5.97 Å². The van der Waals surface area contributed by atoms with Crippen molar-refractivity contribution in [2.75, 3.05) is 23.7 Å². The molecule has 0 saturated heterocycles. The van der Waals surface area contributed by atoms with Gasteiger partial charge in [-0.05, 0) is 6.92 Å². The number of carboxylic acid groups (broad SMARTS) is 1. The molecule has 0 unspecified atom stereocenters. The van der Waals surface area contributed by atoms with Crippen LogP contribution in [0.1, 0.15) is 6.92 Å². The lowest BCUT2D eigenvalue weighted by Gasteiger charge is -2.03. The molecule has 3 N–H and O–H groups in total. The number of carbonyl (C=O) groups is 1. The van der Waals surface area contributed by atoms with E-state index in [0.29, 0.717) is 11.6 Å². The van der Waals surface area contributed by atoms with E-state index in [-0.39, 0.29) is 6.54 Å². The third kappa shape index (κ3) is 3.26. The lowest BCUT2D eigenvalue weighted by molar-refractivity contribution is -0.134. The maximum Gasteiger partial charge on any atom is 0.322 e. The van der Waals surface area contributed by atoms with Gasteiger partial charge < -0.3 is 15.7 Å². The van der Waals surface area contributed by atoms with Gasteiger partial charge in [-0.1, -0.05) is 0 Å². The van der Waals surface area contributed by atoms with Crippen LogP contribution in [0.3, 0.4) is 0 Å². The molecule has 1 rings (SSSR count). The van der Waals surface area contributed by atoms with Crippen LogP contribution in [0.25, 0.3) is 0 Å². The van der Waals surface area contributed by atoms with E-state index in [0.717, 1.165) is 6.54 Å². The zero-order valence-corrected chi connectivity index (χ0v) is 7.82. The maximum atomic E-state index is 10.2. The Labute approximate surface area is 81.4 Å². The molecule has 0 radical (unpaired) electrons. The average Bonchev–Trinajstić information content (AvgIpc) is 2.17. The molecule has 0 amide bonds. The van der Waals surface area contributed by atoms with Crippen LogP contribution in [0.4, 0.5) is 11.6 Å². The van der Waals surface area contributed by atoms with Crippen LogP contribution in [0.15, 0.2) is 12.4 Å². The van der Waals surface area contributed by atoms with E-state index in [1.165, 1.54) is 6.20 Å². The van der Waals surface area contributed by atoms with E-state index in [1.54, 1.807) is 6.20 Å². The number of aliphatic carboxylic acids is 1. The number of hydrogen-bond acceptors (Lipinski definition) is 5. The first kappa shape index (κ1) is 10.2. The Hall–Kier alpha value is -1.85. The van der Waals surface area contributed by atoms with Crippen LogP contribution in [-0.4, -0.2) is 34.1 Å². The van der Waals surface area contributed by atoms with Gasteiger partial charge in [0.15, 0.2) is 0 Å². The Morgan fingerprint density at radius 1 is 1.36 bits per heavy atom. The summed E-state index contributed by atoms with van der Waals surface area (Å²) in [5.74, 6) is 0.199. The molecule has 6 heteroatoms. The smallest absolute Gasteiger partial charge is 0.322 e. The molecule has 76 valence electrons. The molecule has 0 aliphatic rings. The fraction of sp³-hybridized carbons (Fsp3) is 0.375. The minimum atomic E-state index is -0.928. The Morgan fingerprint density at radius 2 is 1.93 bits per heavy atom. The summed E-state index contributed by atoms with van der Waals surface area (Å²) in [6.07, 6.45) is 3.04. The Morgan fingerprint density at radius 3 is 2.36 bits per heavy atom. The summed E-state index contributed by atoms with van der Waals surface area (Å²) in [6.45, 7) is 2.57. The van der Waals surface area contributed by atoms with Gasteiger partial charge in [0, 0.05) is 6.54 Å². The Bertz CT molecular complexity index is 299. The highest BCUT2D eigenvalue weighted by molar-refractivity contribution is 5.72. The van der Waals surface area contributed by atoms with E-state index in [2.05, 4.69) is 20.6 Å². The molecule has 1 aromatic heterocycles. The predicted octanol–water partition coefficient (Wildman–Crippen LogP) is 0.405. The molecule has 0 saturated carbocycles. The van der Waals surface area contributed by atoms with Crippen LogP contribution in [0, 0.1) is 0 Å². The summed E-state index contributed by atoms with van der Waals surface area (Å²) in [5, 5.41) is 14.0. The van der Waals surface area contributed by atoms with Crippen molar-refractivity contribution in [1.82, 2.24) is 9.97 Å². The number of hydrogen-bond donors (Lipinski definition) is 3. The highest BCUT2D eigenvalue weighted by Gasteiger charge is 1.98. The van der Waals surface area contributed by atoms with Crippen molar-refractivity contribution in [3.05, 3.63) is 12.4 Å². The normalized spacial score (nSPS) is 9.50. The zero-order valence-electron chi connectivity index (χ0n) is 7.82. The minimum absolute atomic E-state index is 0.158. The van der Waals surface area contributed by atoms with Gasteiger partial charge in [-0.3, -0.25) is 4.79 Å². The Balaban J connectivity index is 2.50. The van der Waals surface area contributed by atoms with Crippen molar-refractivity contribution in [3.8, 4) is 0 Å². The summed E-state index contributed by atoms with van der Waals surface area (Å²) in [4.78, 5) is 18.2. The van der Waals surface area contributed by atoms with Gasteiger partial charge in [0.2, 0.25) is 0 Å². The second-order valence-corrected chi connectivity index (χ2v) is 2.56. The average molecular weight is 196 g/mol. The molecule has 0 spiro atoms. The fourth-order valence-corrected chi connectivity index (χ4v) is 0.858. The lowest BCUT2D eigenvalue weighted by Crippen LogP contribution is -2.13. The highest BCUT2D eigenvalue weighted by atomic mass is 16.4. The standard InChI is InChI=1S/C8H12N4O2/c1-2-9-6-3-11-7(4-10-6)12-5-8(13)14/h3-4H,2,5H2,1H3,(H,9,10)(H,11,12)(H,13,14). The zero-order chi connectivity index (χ0) is 10.4. The molecule has 0 aliphatic carbocycles. The van der Waals surface area contributed by atoms with E-state index >= 15 is 0 Å². The van der Waals surface area contributed by atoms with E-state index in [4.69, 9.17) is 5.11 Å². The molecular formula is C8H12N4O2. The first-order valence-electron chi connectivity index (χ1n) is 4.24. The third-order valence-electron chi connectivity index (χ3n) is 1.43. The van der Waals surface area contributed by atoms with Crippen LogP contribution >= 0.6 is 0 Å².